The van der Waals surface area contributed by atoms with Crippen LogP contribution >= 0.6 is 0 Å². The van der Waals surface area contributed by atoms with Crippen LogP contribution in [0.4, 0.5) is 0 Å². The number of benzene rings is 1. The molecule has 3 N–H and O–H groups in total. The Morgan fingerprint density at radius 1 is 1.18 bits per heavy atom. The van der Waals surface area contributed by atoms with Crippen LogP contribution in [0, 0.1) is 0 Å². The van der Waals surface area contributed by atoms with Gasteiger partial charge in [-0.15, -0.1) is 4.13 Å². The molecule has 0 heterocycles. The molecule has 1 aromatic carbocycles. The third-order valence-corrected chi connectivity index (χ3v) is 4.63. The summed E-state index contributed by atoms with van der Waals surface area (Å²) in [5.74, 6) is 4.84. The fraction of sp³-hybridized carbons (Fsp3) is 0.250. The van der Waals surface area contributed by atoms with Crippen LogP contribution in [-0.2, 0) is 25.8 Å². The zero-order valence-corrected chi connectivity index (χ0v) is 10.6. The van der Waals surface area contributed by atoms with Crippen LogP contribution < -0.4 is 14.9 Å². The number of hydrogen-bond acceptors (Lipinski definition) is 6. The minimum atomic E-state index is -3.92. The predicted octanol–water partition coefficient (Wildman–Crippen LogP) is -0.682. The zero-order chi connectivity index (χ0) is 13.1. The first-order valence-corrected chi connectivity index (χ1v) is 7.93. The molecule has 0 atom stereocenters. The first-order valence-electron chi connectivity index (χ1n) is 4.39. The summed E-state index contributed by atoms with van der Waals surface area (Å²) in [6.07, 6.45) is 0.774. The topological polar surface area (TPSA) is 116 Å². The molecule has 0 spiro atoms. The van der Waals surface area contributed by atoms with Crippen LogP contribution in [0.15, 0.2) is 24.3 Å². The summed E-state index contributed by atoms with van der Waals surface area (Å²) >= 11 is 0. The Morgan fingerprint density at radius 2 is 1.71 bits per heavy atom. The lowest BCUT2D eigenvalue weighted by Gasteiger charge is -2.05. The maximum absolute atomic E-state index is 11.4. The van der Waals surface area contributed by atoms with Gasteiger partial charge in [0.15, 0.2) is 0 Å². The quantitative estimate of drug-likeness (QED) is 0.690. The van der Waals surface area contributed by atoms with Crippen LogP contribution in [0.3, 0.4) is 0 Å². The van der Waals surface area contributed by atoms with Gasteiger partial charge >= 0.3 is 0 Å². The standard InChI is InChI=1S/C8H12N2O5S2/c1-16(11,12)10-17(13,14)6-7-2-4-8(15-9)5-3-7/h2-5,10H,6,9H2,1H3. The van der Waals surface area contributed by atoms with Crippen LogP contribution in [0.25, 0.3) is 0 Å². The molecule has 9 heteroatoms. The molecule has 0 aliphatic heterocycles. The number of nitrogens with one attached hydrogen (secondary N) is 1. The lowest BCUT2D eigenvalue weighted by molar-refractivity contribution is 0.334. The Morgan fingerprint density at radius 3 is 2.12 bits per heavy atom. The maximum Gasteiger partial charge on any atom is 0.228 e. The maximum atomic E-state index is 11.4. The molecule has 17 heavy (non-hydrogen) atoms. The van der Waals surface area contributed by atoms with Crippen molar-refractivity contribution < 1.29 is 21.7 Å². The second kappa shape index (κ2) is 5.00. The van der Waals surface area contributed by atoms with Crippen LogP contribution in [-0.4, -0.2) is 23.1 Å². The second-order valence-electron chi connectivity index (χ2n) is 3.38. The van der Waals surface area contributed by atoms with E-state index in [0.717, 1.165) is 6.26 Å². The lowest BCUT2D eigenvalue weighted by atomic mass is 10.2. The van der Waals surface area contributed by atoms with Gasteiger partial charge in [0.05, 0.1) is 12.0 Å². The molecule has 1 rings (SSSR count). The molecule has 1 aromatic rings. The van der Waals surface area contributed by atoms with E-state index >= 15 is 0 Å². The molecular weight excluding hydrogens is 268 g/mol. The van der Waals surface area contributed by atoms with Gasteiger partial charge in [0.2, 0.25) is 20.0 Å². The van der Waals surface area contributed by atoms with Gasteiger partial charge in [0, 0.05) is 0 Å². The monoisotopic (exact) mass is 280 g/mol. The highest BCUT2D eigenvalue weighted by Gasteiger charge is 2.16. The van der Waals surface area contributed by atoms with E-state index in [2.05, 4.69) is 4.84 Å². The fourth-order valence-electron chi connectivity index (χ4n) is 1.14. The number of nitrogens with two attached hydrogens (primary N) is 1. The van der Waals surface area contributed by atoms with Gasteiger partial charge in [0.25, 0.3) is 0 Å². The summed E-state index contributed by atoms with van der Waals surface area (Å²) in [4.78, 5) is 4.42. The SMILES string of the molecule is CS(=O)(=O)NS(=O)(=O)Cc1ccc(ON)cc1. The van der Waals surface area contributed by atoms with E-state index in [0.29, 0.717) is 11.3 Å². The number of sulfonamides is 2. The highest BCUT2D eigenvalue weighted by Crippen LogP contribution is 2.12. The van der Waals surface area contributed by atoms with E-state index in [1.807, 2.05) is 0 Å². The molecule has 0 saturated carbocycles. The van der Waals surface area contributed by atoms with Gasteiger partial charge in [-0.3, -0.25) is 0 Å². The summed E-state index contributed by atoms with van der Waals surface area (Å²) < 4.78 is 46.0. The molecule has 0 saturated heterocycles. The summed E-state index contributed by atoms with van der Waals surface area (Å²) in [7, 11) is -7.72. The van der Waals surface area contributed by atoms with Gasteiger partial charge in [-0.1, -0.05) is 12.1 Å². The Kier molecular flexibility index (Phi) is 4.09. The van der Waals surface area contributed by atoms with Crippen molar-refractivity contribution in [3.8, 4) is 5.75 Å². The fourth-order valence-corrected chi connectivity index (χ4v) is 3.86. The molecular formula is C8H12N2O5S2. The summed E-state index contributed by atoms with van der Waals surface area (Å²) in [6.45, 7) is 0. The van der Waals surface area contributed by atoms with Gasteiger partial charge in [-0.25, -0.2) is 16.8 Å². The number of rotatable bonds is 5. The average molecular weight is 280 g/mol. The number of hydrogen-bond donors (Lipinski definition) is 2. The van der Waals surface area contributed by atoms with E-state index in [1.54, 1.807) is 4.13 Å². The first kappa shape index (κ1) is 13.9. The molecule has 96 valence electrons. The van der Waals surface area contributed by atoms with E-state index in [1.165, 1.54) is 24.3 Å². The Labute approximate surface area is 99.6 Å². The normalized spacial score (nSPS) is 12.4. The third kappa shape index (κ3) is 5.13. The minimum Gasteiger partial charge on any atom is -0.412 e. The summed E-state index contributed by atoms with van der Waals surface area (Å²) in [6, 6.07) is 5.91. The molecule has 0 bridgehead atoms. The Bertz CT molecular complexity index is 577. The minimum absolute atomic E-state index is 0.377. The van der Waals surface area contributed by atoms with Gasteiger partial charge in [-0.05, 0) is 17.7 Å². The van der Waals surface area contributed by atoms with Gasteiger partial charge < -0.3 is 4.84 Å². The lowest BCUT2D eigenvalue weighted by Crippen LogP contribution is -2.30. The van der Waals surface area contributed by atoms with Crippen molar-refractivity contribution in [1.82, 2.24) is 4.13 Å². The molecule has 0 radical (unpaired) electrons. The third-order valence-electron chi connectivity index (χ3n) is 1.69. The first-order chi connectivity index (χ1) is 7.72. The molecule has 0 fully saturated rings. The van der Waals surface area contributed by atoms with Crippen molar-refractivity contribution in [3.05, 3.63) is 29.8 Å². The predicted molar refractivity (Wildman–Crippen MR) is 61.9 cm³/mol. The Hall–Kier alpha value is -1.16. The smallest absolute Gasteiger partial charge is 0.228 e. The van der Waals surface area contributed by atoms with E-state index < -0.39 is 25.8 Å². The van der Waals surface area contributed by atoms with Crippen LogP contribution in [0.2, 0.25) is 0 Å². The van der Waals surface area contributed by atoms with Crippen LogP contribution in [0.1, 0.15) is 5.56 Å². The van der Waals surface area contributed by atoms with Gasteiger partial charge in [-0.2, -0.15) is 5.90 Å². The summed E-state index contributed by atoms with van der Waals surface area (Å²) in [5.41, 5.74) is 0.418. The van der Waals surface area contributed by atoms with Crippen molar-refractivity contribution in [3.63, 3.8) is 0 Å². The molecule has 7 nitrogen and oxygen atoms in total. The summed E-state index contributed by atoms with van der Waals surface area (Å²) in [5, 5.41) is 0. The van der Waals surface area contributed by atoms with E-state index in [9.17, 15) is 16.8 Å². The van der Waals surface area contributed by atoms with E-state index in [4.69, 9.17) is 5.90 Å². The molecule has 0 unspecified atom stereocenters. The van der Waals surface area contributed by atoms with Crippen LogP contribution in [0.5, 0.6) is 5.75 Å². The van der Waals surface area contributed by atoms with Crippen molar-refractivity contribution >= 4 is 20.0 Å². The molecule has 0 aliphatic rings. The average Bonchev–Trinajstić information content (AvgIpc) is 2.14. The highest BCUT2D eigenvalue weighted by atomic mass is 32.3. The van der Waals surface area contributed by atoms with Gasteiger partial charge in [0.1, 0.15) is 5.75 Å². The highest BCUT2D eigenvalue weighted by molar-refractivity contribution is 8.04. The molecule has 0 aromatic heterocycles. The largest absolute Gasteiger partial charge is 0.412 e. The van der Waals surface area contributed by atoms with E-state index in [-0.39, 0.29) is 0 Å². The van der Waals surface area contributed by atoms with Crippen molar-refractivity contribution in [2.24, 2.45) is 5.90 Å². The van der Waals surface area contributed by atoms with Crippen molar-refractivity contribution in [1.29, 1.82) is 0 Å². The molecule has 0 aliphatic carbocycles. The molecule has 0 amide bonds. The Balaban J connectivity index is 2.83. The van der Waals surface area contributed by atoms with Crippen molar-refractivity contribution in [2.45, 2.75) is 5.75 Å². The zero-order valence-electron chi connectivity index (χ0n) is 8.95. The second-order valence-corrected chi connectivity index (χ2v) is 7.11. The van der Waals surface area contributed by atoms with Crippen molar-refractivity contribution in [2.75, 3.05) is 6.26 Å².